The van der Waals surface area contributed by atoms with Gasteiger partial charge in [0.2, 0.25) is 5.91 Å². The van der Waals surface area contributed by atoms with E-state index in [0.717, 1.165) is 5.56 Å². The summed E-state index contributed by atoms with van der Waals surface area (Å²) in [5, 5.41) is 14.0. The lowest BCUT2D eigenvalue weighted by molar-refractivity contribution is -0.384. The first-order chi connectivity index (χ1) is 12.4. The van der Waals surface area contributed by atoms with Crippen LogP contribution in [-0.4, -0.2) is 20.8 Å². The van der Waals surface area contributed by atoms with E-state index < -0.39 is 10.8 Å². The molecule has 2 aromatic carbocycles. The van der Waals surface area contributed by atoms with E-state index >= 15 is 0 Å². The van der Waals surface area contributed by atoms with Crippen LogP contribution in [0.1, 0.15) is 15.9 Å². The minimum Gasteiger partial charge on any atom is -0.366 e. The number of benzene rings is 2. The normalized spacial score (nSPS) is 10.3. The summed E-state index contributed by atoms with van der Waals surface area (Å²) in [5.41, 5.74) is 8.34. The molecule has 130 valence electrons. The summed E-state index contributed by atoms with van der Waals surface area (Å²) in [5.74, 6) is -0.0214. The van der Waals surface area contributed by atoms with E-state index in [1.54, 1.807) is 43.3 Å². The second kappa shape index (κ2) is 6.98. The number of rotatable bonds is 5. The van der Waals surface area contributed by atoms with Crippen molar-refractivity contribution in [3.8, 4) is 11.3 Å². The van der Waals surface area contributed by atoms with E-state index in [-0.39, 0.29) is 5.69 Å². The van der Waals surface area contributed by atoms with Gasteiger partial charge in [-0.3, -0.25) is 14.9 Å². The van der Waals surface area contributed by atoms with Crippen molar-refractivity contribution in [2.75, 3.05) is 5.32 Å². The Bertz CT molecular complexity index is 1000. The van der Waals surface area contributed by atoms with Crippen LogP contribution in [0, 0.1) is 17.0 Å². The van der Waals surface area contributed by atoms with Crippen molar-refractivity contribution >= 4 is 23.1 Å². The van der Waals surface area contributed by atoms with Crippen molar-refractivity contribution in [1.82, 2.24) is 9.97 Å². The van der Waals surface area contributed by atoms with Crippen LogP contribution in [0.25, 0.3) is 11.3 Å². The molecule has 0 atom stereocenters. The van der Waals surface area contributed by atoms with Gasteiger partial charge in [0.15, 0.2) is 0 Å². The maximum Gasteiger partial charge on any atom is 0.270 e. The number of nitro groups is 1. The van der Waals surface area contributed by atoms with Crippen molar-refractivity contribution < 1.29 is 9.72 Å². The van der Waals surface area contributed by atoms with Crippen LogP contribution in [0.2, 0.25) is 0 Å². The van der Waals surface area contributed by atoms with E-state index in [1.807, 2.05) is 0 Å². The second-order valence-electron chi connectivity index (χ2n) is 5.61. The maximum absolute atomic E-state index is 11.5. The van der Waals surface area contributed by atoms with E-state index in [4.69, 9.17) is 5.73 Å². The first kappa shape index (κ1) is 17.0. The Kier molecular flexibility index (Phi) is 4.57. The summed E-state index contributed by atoms with van der Waals surface area (Å²) >= 11 is 0. The lowest BCUT2D eigenvalue weighted by Crippen LogP contribution is -2.13. The average molecular weight is 349 g/mol. The van der Waals surface area contributed by atoms with Crippen molar-refractivity contribution in [3.05, 3.63) is 76.1 Å². The zero-order valence-corrected chi connectivity index (χ0v) is 13.8. The number of hydrogen-bond donors (Lipinski definition) is 2. The third kappa shape index (κ3) is 3.64. The molecule has 1 amide bonds. The largest absolute Gasteiger partial charge is 0.366 e. The zero-order chi connectivity index (χ0) is 18.7. The standard InChI is InChI=1S/C18H15N5O3/c1-11-5-6-13(8-15(11)18(19)24)22-17-9-16(20-10-21-17)12-3-2-4-14(7-12)23(25)26/h2-10H,1H3,(H2,19,24)(H,20,21,22). The molecular formula is C18H15N5O3. The number of nitrogens with zero attached hydrogens (tertiary/aromatic N) is 3. The Labute approximate surface area is 148 Å². The topological polar surface area (TPSA) is 124 Å². The molecule has 8 nitrogen and oxygen atoms in total. The number of primary amides is 1. The van der Waals surface area contributed by atoms with Crippen LogP contribution in [-0.2, 0) is 0 Å². The van der Waals surface area contributed by atoms with Gasteiger partial charge in [-0.05, 0) is 24.6 Å². The van der Waals surface area contributed by atoms with Gasteiger partial charge in [0.1, 0.15) is 12.1 Å². The molecule has 0 saturated carbocycles. The molecule has 0 radical (unpaired) electrons. The molecule has 3 aromatic rings. The number of amides is 1. The summed E-state index contributed by atoms with van der Waals surface area (Å²) < 4.78 is 0. The summed E-state index contributed by atoms with van der Waals surface area (Å²) in [7, 11) is 0. The minimum atomic E-state index is -0.508. The van der Waals surface area contributed by atoms with Crippen molar-refractivity contribution in [3.63, 3.8) is 0 Å². The van der Waals surface area contributed by atoms with Gasteiger partial charge in [-0.1, -0.05) is 18.2 Å². The fraction of sp³-hybridized carbons (Fsp3) is 0.0556. The minimum absolute atomic E-state index is 0.0137. The number of carbonyl (C=O) groups is 1. The highest BCUT2D eigenvalue weighted by Gasteiger charge is 2.10. The molecule has 1 aromatic heterocycles. The van der Waals surface area contributed by atoms with Gasteiger partial charge in [0, 0.05) is 35.0 Å². The molecule has 3 N–H and O–H groups in total. The molecule has 1 heterocycles. The summed E-state index contributed by atoms with van der Waals surface area (Å²) in [6.45, 7) is 1.80. The van der Waals surface area contributed by atoms with Gasteiger partial charge >= 0.3 is 0 Å². The Hall–Kier alpha value is -3.81. The van der Waals surface area contributed by atoms with E-state index in [9.17, 15) is 14.9 Å². The smallest absolute Gasteiger partial charge is 0.270 e. The Morgan fingerprint density at radius 2 is 1.96 bits per heavy atom. The summed E-state index contributed by atoms with van der Waals surface area (Å²) in [4.78, 5) is 30.2. The molecule has 0 bridgehead atoms. The fourth-order valence-electron chi connectivity index (χ4n) is 2.48. The average Bonchev–Trinajstić information content (AvgIpc) is 2.63. The number of aromatic nitrogens is 2. The van der Waals surface area contributed by atoms with Crippen LogP contribution < -0.4 is 11.1 Å². The molecule has 0 aliphatic heterocycles. The molecular weight excluding hydrogens is 334 g/mol. The number of non-ortho nitro benzene ring substituents is 1. The zero-order valence-electron chi connectivity index (χ0n) is 13.8. The Balaban J connectivity index is 1.91. The number of anilines is 2. The first-order valence-electron chi connectivity index (χ1n) is 7.68. The van der Waals surface area contributed by atoms with E-state index in [2.05, 4.69) is 15.3 Å². The molecule has 3 rings (SSSR count). The van der Waals surface area contributed by atoms with Gasteiger partial charge in [-0.2, -0.15) is 0 Å². The molecule has 0 spiro atoms. The number of aryl methyl sites for hydroxylation is 1. The molecule has 26 heavy (non-hydrogen) atoms. The molecule has 0 unspecified atom stereocenters. The highest BCUT2D eigenvalue weighted by atomic mass is 16.6. The highest BCUT2D eigenvalue weighted by Crippen LogP contribution is 2.25. The number of nitro benzene ring substituents is 1. The van der Waals surface area contributed by atoms with Gasteiger partial charge in [-0.25, -0.2) is 9.97 Å². The quantitative estimate of drug-likeness (QED) is 0.538. The van der Waals surface area contributed by atoms with Crippen molar-refractivity contribution in [1.29, 1.82) is 0 Å². The fourth-order valence-corrected chi connectivity index (χ4v) is 2.48. The first-order valence-corrected chi connectivity index (χ1v) is 7.68. The van der Waals surface area contributed by atoms with Crippen molar-refractivity contribution in [2.24, 2.45) is 5.73 Å². The van der Waals surface area contributed by atoms with Crippen LogP contribution in [0.4, 0.5) is 17.2 Å². The SMILES string of the molecule is Cc1ccc(Nc2cc(-c3cccc([N+](=O)[O-])c3)ncn2)cc1C(N)=O. The number of nitrogens with one attached hydrogen (secondary N) is 1. The second-order valence-corrected chi connectivity index (χ2v) is 5.61. The van der Waals surface area contributed by atoms with Crippen LogP contribution in [0.3, 0.4) is 0 Å². The molecule has 0 saturated heterocycles. The highest BCUT2D eigenvalue weighted by molar-refractivity contribution is 5.95. The Morgan fingerprint density at radius 3 is 2.69 bits per heavy atom. The third-order valence-corrected chi connectivity index (χ3v) is 3.80. The van der Waals surface area contributed by atoms with Crippen LogP contribution >= 0.6 is 0 Å². The van der Waals surface area contributed by atoms with Gasteiger partial charge in [0.25, 0.3) is 5.69 Å². The summed E-state index contributed by atoms with van der Waals surface area (Å²) in [6.07, 6.45) is 1.36. The van der Waals surface area contributed by atoms with E-state index in [0.29, 0.717) is 28.3 Å². The molecule has 0 aliphatic rings. The predicted molar refractivity (Wildman–Crippen MR) is 97.1 cm³/mol. The number of hydrogen-bond acceptors (Lipinski definition) is 6. The number of carbonyl (C=O) groups excluding carboxylic acids is 1. The van der Waals surface area contributed by atoms with Gasteiger partial charge in [-0.15, -0.1) is 0 Å². The van der Waals surface area contributed by atoms with Gasteiger partial charge < -0.3 is 11.1 Å². The third-order valence-electron chi connectivity index (χ3n) is 3.80. The predicted octanol–water partition coefficient (Wildman–Crippen LogP) is 3.20. The summed E-state index contributed by atoms with van der Waals surface area (Å²) in [6, 6.07) is 13.1. The lowest BCUT2D eigenvalue weighted by atomic mass is 10.1. The van der Waals surface area contributed by atoms with E-state index in [1.165, 1.54) is 18.5 Å². The lowest BCUT2D eigenvalue weighted by Gasteiger charge is -2.09. The Morgan fingerprint density at radius 1 is 1.15 bits per heavy atom. The molecule has 0 fully saturated rings. The monoisotopic (exact) mass is 349 g/mol. The van der Waals surface area contributed by atoms with Gasteiger partial charge in [0.05, 0.1) is 10.6 Å². The maximum atomic E-state index is 11.5. The van der Waals surface area contributed by atoms with Crippen LogP contribution in [0.15, 0.2) is 54.9 Å². The van der Waals surface area contributed by atoms with Crippen molar-refractivity contribution in [2.45, 2.75) is 6.92 Å². The van der Waals surface area contributed by atoms with Crippen LogP contribution in [0.5, 0.6) is 0 Å². The molecule has 0 aliphatic carbocycles. The molecule has 8 heteroatoms. The number of nitrogens with two attached hydrogens (primary N) is 1.